The minimum Gasteiger partial charge on any atom is -0.370 e. The lowest BCUT2D eigenvalue weighted by Crippen LogP contribution is -2.22. The molecule has 1 aliphatic heterocycles. The molecule has 1 fully saturated rings. The van der Waals surface area contributed by atoms with Crippen molar-refractivity contribution in [3.63, 3.8) is 0 Å². The fraction of sp³-hybridized carbons (Fsp3) is 0.714. The fourth-order valence-electron chi connectivity index (χ4n) is 2.42. The Morgan fingerprint density at radius 3 is 2.84 bits per heavy atom. The summed E-state index contributed by atoms with van der Waals surface area (Å²) < 4.78 is 0. The van der Waals surface area contributed by atoms with Gasteiger partial charge in [0.1, 0.15) is 16.8 Å². The van der Waals surface area contributed by atoms with Crippen LogP contribution in [0.2, 0.25) is 5.15 Å². The van der Waals surface area contributed by atoms with Crippen LogP contribution in [0.3, 0.4) is 0 Å². The number of hydrogen-bond acceptors (Lipinski definition) is 4. The molecular formula is C14H23ClN4. The first-order chi connectivity index (χ1) is 9.28. The van der Waals surface area contributed by atoms with Crippen LogP contribution in [-0.2, 0) is 6.42 Å². The van der Waals surface area contributed by atoms with Gasteiger partial charge < -0.3 is 10.2 Å². The van der Waals surface area contributed by atoms with E-state index in [2.05, 4.69) is 27.1 Å². The highest BCUT2D eigenvalue weighted by Gasteiger charge is 2.10. The predicted molar refractivity (Wildman–Crippen MR) is 79.8 cm³/mol. The van der Waals surface area contributed by atoms with Crippen molar-refractivity contribution in [3.05, 3.63) is 17.0 Å². The average Bonchev–Trinajstić information content (AvgIpc) is 2.87. The highest BCUT2D eigenvalue weighted by molar-refractivity contribution is 6.29. The van der Waals surface area contributed by atoms with Gasteiger partial charge in [0.05, 0.1) is 0 Å². The van der Waals surface area contributed by atoms with Gasteiger partial charge in [-0.2, -0.15) is 0 Å². The topological polar surface area (TPSA) is 41.1 Å². The molecule has 0 bridgehead atoms. The number of nitrogens with one attached hydrogen (secondary N) is 1. The van der Waals surface area contributed by atoms with E-state index in [1.807, 2.05) is 0 Å². The van der Waals surface area contributed by atoms with Gasteiger partial charge in [-0.25, -0.2) is 9.97 Å². The molecule has 19 heavy (non-hydrogen) atoms. The number of nitrogens with zero attached hydrogens (tertiary/aromatic N) is 3. The highest BCUT2D eigenvalue weighted by atomic mass is 35.5. The van der Waals surface area contributed by atoms with Gasteiger partial charge in [0, 0.05) is 19.0 Å². The lowest BCUT2D eigenvalue weighted by atomic mass is 10.3. The molecule has 2 rings (SSSR count). The van der Waals surface area contributed by atoms with E-state index in [9.17, 15) is 0 Å². The normalized spacial score (nSPS) is 15.9. The van der Waals surface area contributed by atoms with Gasteiger partial charge >= 0.3 is 0 Å². The second kappa shape index (κ2) is 7.65. The minimum absolute atomic E-state index is 0.528. The molecule has 2 heterocycles. The Morgan fingerprint density at radius 2 is 2.11 bits per heavy atom. The summed E-state index contributed by atoms with van der Waals surface area (Å²) in [5, 5.41) is 3.87. The van der Waals surface area contributed by atoms with Gasteiger partial charge in [0.2, 0.25) is 0 Å². The number of anilines is 1. The van der Waals surface area contributed by atoms with E-state index in [-0.39, 0.29) is 0 Å². The monoisotopic (exact) mass is 282 g/mol. The second-order valence-corrected chi connectivity index (χ2v) is 5.46. The van der Waals surface area contributed by atoms with Gasteiger partial charge in [0.15, 0.2) is 0 Å². The van der Waals surface area contributed by atoms with Crippen molar-refractivity contribution in [2.75, 3.05) is 31.5 Å². The Morgan fingerprint density at radius 1 is 1.32 bits per heavy atom. The molecule has 4 nitrogen and oxygen atoms in total. The maximum Gasteiger partial charge on any atom is 0.134 e. The summed E-state index contributed by atoms with van der Waals surface area (Å²) in [6, 6.07) is 1.80. The lowest BCUT2D eigenvalue weighted by molar-refractivity contribution is 0.337. The van der Waals surface area contributed by atoms with Crippen LogP contribution in [0, 0.1) is 0 Å². The molecule has 1 aromatic heterocycles. The molecule has 0 spiro atoms. The Balaban J connectivity index is 1.75. The van der Waals surface area contributed by atoms with E-state index in [1.54, 1.807) is 6.07 Å². The fourth-order valence-corrected chi connectivity index (χ4v) is 2.62. The van der Waals surface area contributed by atoms with E-state index in [0.717, 1.165) is 37.4 Å². The Bertz CT molecular complexity index is 391. The van der Waals surface area contributed by atoms with Crippen molar-refractivity contribution >= 4 is 17.4 Å². The number of halogens is 1. The molecule has 0 aromatic carbocycles. The Hall–Kier alpha value is -0.870. The number of hydrogen-bond donors (Lipinski definition) is 1. The molecule has 0 atom stereocenters. The first-order valence-corrected chi connectivity index (χ1v) is 7.65. The smallest absolute Gasteiger partial charge is 0.134 e. The van der Waals surface area contributed by atoms with Crippen molar-refractivity contribution < 1.29 is 0 Å². The summed E-state index contributed by atoms with van der Waals surface area (Å²) in [5.74, 6) is 1.68. The summed E-state index contributed by atoms with van der Waals surface area (Å²) in [5.41, 5.74) is 0. The van der Waals surface area contributed by atoms with Gasteiger partial charge in [-0.05, 0) is 45.3 Å². The van der Waals surface area contributed by atoms with Gasteiger partial charge in [-0.15, -0.1) is 0 Å². The van der Waals surface area contributed by atoms with Crippen LogP contribution in [0.4, 0.5) is 5.82 Å². The molecule has 5 heteroatoms. The largest absolute Gasteiger partial charge is 0.370 e. The van der Waals surface area contributed by atoms with Crippen LogP contribution in [-0.4, -0.2) is 41.0 Å². The first kappa shape index (κ1) is 14.5. The van der Waals surface area contributed by atoms with Crippen molar-refractivity contribution in [3.8, 4) is 0 Å². The predicted octanol–water partition coefficient (Wildman–Crippen LogP) is 2.98. The van der Waals surface area contributed by atoms with Gasteiger partial charge in [-0.1, -0.05) is 18.5 Å². The van der Waals surface area contributed by atoms with Crippen LogP contribution < -0.4 is 5.32 Å². The summed E-state index contributed by atoms with van der Waals surface area (Å²) in [7, 11) is 0. The molecule has 1 N–H and O–H groups in total. The quantitative estimate of drug-likeness (QED) is 0.617. The molecule has 0 unspecified atom stereocenters. The zero-order valence-corrected chi connectivity index (χ0v) is 12.4. The van der Waals surface area contributed by atoms with E-state index >= 15 is 0 Å². The van der Waals surface area contributed by atoms with Crippen LogP contribution in [0.15, 0.2) is 6.07 Å². The Kier molecular flexibility index (Phi) is 5.86. The maximum atomic E-state index is 6.00. The lowest BCUT2D eigenvalue weighted by Gasteiger charge is -2.14. The van der Waals surface area contributed by atoms with Crippen LogP contribution in [0.5, 0.6) is 0 Å². The third kappa shape index (κ3) is 4.96. The van der Waals surface area contributed by atoms with Gasteiger partial charge in [0.25, 0.3) is 0 Å². The standard InChI is InChI=1S/C14H23ClN4/c1-2-6-13-17-12(15)11-14(18-13)16-7-5-10-19-8-3-4-9-19/h11H,2-10H2,1H3,(H,16,17,18). The molecular weight excluding hydrogens is 260 g/mol. The molecule has 1 aromatic rings. The highest BCUT2D eigenvalue weighted by Crippen LogP contribution is 2.13. The SMILES string of the molecule is CCCc1nc(Cl)cc(NCCCN2CCCC2)n1. The summed E-state index contributed by atoms with van der Waals surface area (Å²) >= 11 is 6.00. The zero-order valence-electron chi connectivity index (χ0n) is 11.7. The van der Waals surface area contributed by atoms with Crippen molar-refractivity contribution in [2.24, 2.45) is 0 Å². The van der Waals surface area contributed by atoms with Crippen molar-refractivity contribution in [1.29, 1.82) is 0 Å². The van der Waals surface area contributed by atoms with Crippen LogP contribution >= 0.6 is 11.6 Å². The number of aryl methyl sites for hydroxylation is 1. The average molecular weight is 283 g/mol. The third-order valence-corrected chi connectivity index (χ3v) is 3.56. The molecule has 0 saturated carbocycles. The molecule has 1 aliphatic rings. The molecule has 0 amide bonds. The summed E-state index contributed by atoms with van der Waals surface area (Å²) in [4.78, 5) is 11.2. The van der Waals surface area contributed by atoms with E-state index in [0.29, 0.717) is 5.15 Å². The first-order valence-electron chi connectivity index (χ1n) is 7.27. The molecule has 1 saturated heterocycles. The third-order valence-electron chi connectivity index (χ3n) is 3.37. The van der Waals surface area contributed by atoms with Gasteiger partial charge in [-0.3, -0.25) is 0 Å². The minimum atomic E-state index is 0.528. The van der Waals surface area contributed by atoms with E-state index in [1.165, 1.54) is 32.5 Å². The molecule has 106 valence electrons. The zero-order chi connectivity index (χ0) is 13.5. The van der Waals surface area contributed by atoms with Crippen molar-refractivity contribution in [2.45, 2.75) is 39.0 Å². The maximum absolute atomic E-state index is 6.00. The number of aromatic nitrogens is 2. The number of rotatable bonds is 7. The number of likely N-dealkylation sites (tertiary alicyclic amines) is 1. The van der Waals surface area contributed by atoms with Crippen LogP contribution in [0.1, 0.15) is 38.4 Å². The Labute approximate surface area is 120 Å². The molecule has 0 radical (unpaired) electrons. The van der Waals surface area contributed by atoms with E-state index in [4.69, 9.17) is 11.6 Å². The summed E-state index contributed by atoms with van der Waals surface area (Å²) in [6.07, 6.45) is 5.77. The van der Waals surface area contributed by atoms with Crippen LogP contribution in [0.25, 0.3) is 0 Å². The van der Waals surface area contributed by atoms with E-state index < -0.39 is 0 Å². The summed E-state index contributed by atoms with van der Waals surface area (Å²) in [6.45, 7) is 6.76. The molecule has 0 aliphatic carbocycles. The van der Waals surface area contributed by atoms with Crippen molar-refractivity contribution in [1.82, 2.24) is 14.9 Å². The second-order valence-electron chi connectivity index (χ2n) is 5.07.